The Labute approximate surface area is 163 Å². The van der Waals surface area contributed by atoms with Gasteiger partial charge in [0, 0.05) is 11.1 Å². The van der Waals surface area contributed by atoms with Crippen LogP contribution in [-0.2, 0) is 0 Å². The summed E-state index contributed by atoms with van der Waals surface area (Å²) in [4.78, 5) is 4.55. The maximum absolute atomic E-state index is 6.22. The van der Waals surface area contributed by atoms with E-state index in [0.717, 1.165) is 16.8 Å². The van der Waals surface area contributed by atoms with Crippen molar-refractivity contribution in [3.8, 4) is 11.1 Å². The molecule has 0 radical (unpaired) electrons. The summed E-state index contributed by atoms with van der Waals surface area (Å²) in [6, 6.07) is 23.6. The lowest BCUT2D eigenvalue weighted by Crippen LogP contribution is -2.35. The minimum absolute atomic E-state index is 0.0766. The summed E-state index contributed by atoms with van der Waals surface area (Å²) in [6.45, 7) is 0. The molecule has 3 heteroatoms. The molecule has 0 saturated carbocycles. The third kappa shape index (κ3) is 2.88. The van der Waals surface area contributed by atoms with Crippen molar-refractivity contribution in [3.63, 3.8) is 0 Å². The highest BCUT2D eigenvalue weighted by Crippen LogP contribution is 2.32. The molecular formula is C24H17ClN2. The Hall–Kier alpha value is -3.10. The second kappa shape index (κ2) is 6.57. The van der Waals surface area contributed by atoms with Crippen LogP contribution >= 0.6 is 11.6 Å². The van der Waals surface area contributed by atoms with Crippen LogP contribution in [0, 0.1) is 0 Å². The number of nitrogens with zero attached hydrogens (tertiary/aromatic N) is 1. The number of halogens is 1. The number of benzene rings is 3. The molecule has 1 heterocycles. The minimum atomic E-state index is 0.0766. The molecule has 1 atom stereocenters. The highest BCUT2D eigenvalue weighted by Gasteiger charge is 2.22. The third-order valence-electron chi connectivity index (χ3n) is 5.04. The van der Waals surface area contributed by atoms with Gasteiger partial charge in [0.15, 0.2) is 5.29 Å². The molecule has 27 heavy (non-hydrogen) atoms. The second-order valence-corrected chi connectivity index (χ2v) is 7.03. The Morgan fingerprint density at radius 3 is 2.48 bits per heavy atom. The molecule has 2 aliphatic rings. The van der Waals surface area contributed by atoms with Gasteiger partial charge in [-0.2, -0.15) is 0 Å². The number of hydrogen-bond acceptors (Lipinski definition) is 2. The van der Waals surface area contributed by atoms with E-state index in [2.05, 4.69) is 89.2 Å². The number of allylic oxidation sites excluding steroid dienone is 2. The van der Waals surface area contributed by atoms with Gasteiger partial charge in [0.05, 0.1) is 11.7 Å². The van der Waals surface area contributed by atoms with E-state index in [9.17, 15) is 0 Å². The first kappa shape index (κ1) is 16.1. The number of fused-ring (bicyclic) bond motifs is 2. The fraction of sp³-hybridized carbons (Fsp3) is 0.0417. The van der Waals surface area contributed by atoms with Crippen molar-refractivity contribution >= 4 is 33.4 Å². The van der Waals surface area contributed by atoms with Crippen molar-refractivity contribution < 1.29 is 0 Å². The SMILES string of the molecule is ClC1=NC(c2ccc(-c3cccc4ccccc34)cc2)=C2C=CC=CC2N1. The summed E-state index contributed by atoms with van der Waals surface area (Å²) in [7, 11) is 0. The molecule has 1 unspecified atom stereocenters. The van der Waals surface area contributed by atoms with Crippen LogP contribution in [0.25, 0.3) is 27.6 Å². The molecule has 0 aromatic heterocycles. The van der Waals surface area contributed by atoms with E-state index in [4.69, 9.17) is 11.6 Å². The Balaban J connectivity index is 1.59. The summed E-state index contributed by atoms with van der Waals surface area (Å²) in [6.07, 6.45) is 8.25. The lowest BCUT2D eigenvalue weighted by molar-refractivity contribution is 0.839. The van der Waals surface area contributed by atoms with Crippen molar-refractivity contribution in [3.05, 3.63) is 102 Å². The van der Waals surface area contributed by atoms with E-state index in [1.54, 1.807) is 0 Å². The largest absolute Gasteiger partial charge is 0.350 e. The van der Waals surface area contributed by atoms with Crippen LogP contribution in [0.1, 0.15) is 5.56 Å². The number of aliphatic imine (C=N–C) groups is 1. The number of nitrogens with one attached hydrogen (secondary N) is 1. The monoisotopic (exact) mass is 368 g/mol. The normalized spacial score (nSPS) is 18.3. The third-order valence-corrected chi connectivity index (χ3v) is 5.24. The van der Waals surface area contributed by atoms with Crippen molar-refractivity contribution in [1.29, 1.82) is 0 Å². The molecule has 1 aliphatic heterocycles. The minimum Gasteiger partial charge on any atom is -0.350 e. The topological polar surface area (TPSA) is 24.4 Å². The second-order valence-electron chi connectivity index (χ2n) is 6.68. The summed E-state index contributed by atoms with van der Waals surface area (Å²) in [5, 5.41) is 6.14. The molecule has 0 bridgehead atoms. The first-order valence-electron chi connectivity index (χ1n) is 8.98. The Morgan fingerprint density at radius 2 is 1.59 bits per heavy atom. The van der Waals surface area contributed by atoms with Crippen molar-refractivity contribution in [2.24, 2.45) is 4.99 Å². The lowest BCUT2D eigenvalue weighted by atomic mass is 9.93. The molecular weight excluding hydrogens is 352 g/mol. The number of hydrogen-bond donors (Lipinski definition) is 1. The molecule has 0 spiro atoms. The van der Waals surface area contributed by atoms with Crippen LogP contribution in [0.5, 0.6) is 0 Å². The summed E-state index contributed by atoms with van der Waals surface area (Å²) in [5.74, 6) is 0. The predicted octanol–water partition coefficient (Wildman–Crippen LogP) is 5.91. The molecule has 0 saturated heterocycles. The van der Waals surface area contributed by atoms with Crippen LogP contribution in [0.15, 0.2) is 102 Å². The molecule has 0 amide bonds. The van der Waals surface area contributed by atoms with Gasteiger partial charge in [0.1, 0.15) is 0 Å². The number of rotatable bonds is 2. The molecule has 1 aliphatic carbocycles. The van der Waals surface area contributed by atoms with Crippen molar-refractivity contribution in [1.82, 2.24) is 5.32 Å². The van der Waals surface area contributed by atoms with E-state index >= 15 is 0 Å². The van der Waals surface area contributed by atoms with E-state index in [-0.39, 0.29) is 6.04 Å². The zero-order chi connectivity index (χ0) is 18.2. The van der Waals surface area contributed by atoms with Gasteiger partial charge in [-0.1, -0.05) is 91.0 Å². The smallest absolute Gasteiger partial charge is 0.197 e. The van der Waals surface area contributed by atoms with Crippen molar-refractivity contribution in [2.45, 2.75) is 6.04 Å². The fourth-order valence-electron chi connectivity index (χ4n) is 3.73. The quantitative estimate of drug-likeness (QED) is 0.558. The van der Waals surface area contributed by atoms with Gasteiger partial charge >= 0.3 is 0 Å². The average Bonchev–Trinajstić information content (AvgIpc) is 2.73. The zero-order valence-electron chi connectivity index (χ0n) is 14.6. The van der Waals surface area contributed by atoms with Crippen LogP contribution < -0.4 is 5.32 Å². The van der Waals surface area contributed by atoms with E-state index in [1.807, 2.05) is 12.2 Å². The average molecular weight is 369 g/mol. The van der Waals surface area contributed by atoms with E-state index < -0.39 is 0 Å². The molecule has 2 nitrogen and oxygen atoms in total. The van der Waals surface area contributed by atoms with Gasteiger partial charge in [-0.05, 0) is 33.5 Å². The van der Waals surface area contributed by atoms with Crippen molar-refractivity contribution in [2.75, 3.05) is 0 Å². The lowest BCUT2D eigenvalue weighted by Gasteiger charge is -2.25. The highest BCUT2D eigenvalue weighted by molar-refractivity contribution is 6.65. The molecule has 3 aromatic rings. The fourth-order valence-corrected chi connectivity index (χ4v) is 3.94. The van der Waals surface area contributed by atoms with Gasteiger partial charge in [-0.15, -0.1) is 0 Å². The van der Waals surface area contributed by atoms with Crippen LogP contribution in [-0.4, -0.2) is 11.3 Å². The maximum Gasteiger partial charge on any atom is 0.197 e. The Morgan fingerprint density at radius 1 is 0.815 bits per heavy atom. The van der Waals surface area contributed by atoms with E-state index in [1.165, 1.54) is 21.9 Å². The summed E-state index contributed by atoms with van der Waals surface area (Å²) >= 11 is 6.22. The molecule has 3 aromatic carbocycles. The van der Waals surface area contributed by atoms with E-state index in [0.29, 0.717) is 5.29 Å². The first-order chi connectivity index (χ1) is 13.3. The predicted molar refractivity (Wildman–Crippen MR) is 115 cm³/mol. The molecule has 0 fully saturated rings. The Kier molecular flexibility index (Phi) is 3.92. The van der Waals surface area contributed by atoms with Crippen LogP contribution in [0.2, 0.25) is 0 Å². The zero-order valence-corrected chi connectivity index (χ0v) is 15.3. The standard InChI is InChI=1S/C24H17ClN2/c25-24-26-22-11-4-3-9-21(22)23(27-24)18-14-12-17(13-15-18)20-10-5-7-16-6-1-2-8-19(16)20/h1-15,22H,(H,26,27). The molecule has 5 rings (SSSR count). The summed E-state index contributed by atoms with van der Waals surface area (Å²) < 4.78 is 0. The van der Waals surface area contributed by atoms with Gasteiger partial charge in [-0.25, -0.2) is 4.99 Å². The molecule has 130 valence electrons. The van der Waals surface area contributed by atoms with Gasteiger partial charge in [0.2, 0.25) is 0 Å². The van der Waals surface area contributed by atoms with Crippen LogP contribution in [0.4, 0.5) is 0 Å². The first-order valence-corrected chi connectivity index (χ1v) is 9.36. The van der Waals surface area contributed by atoms with Gasteiger partial charge < -0.3 is 5.32 Å². The Bertz CT molecular complexity index is 1150. The van der Waals surface area contributed by atoms with Crippen LogP contribution in [0.3, 0.4) is 0 Å². The molecule has 1 N–H and O–H groups in total. The number of amidine groups is 1. The van der Waals surface area contributed by atoms with Gasteiger partial charge in [0.25, 0.3) is 0 Å². The summed E-state index contributed by atoms with van der Waals surface area (Å²) in [5.41, 5.74) is 5.57. The maximum atomic E-state index is 6.22. The van der Waals surface area contributed by atoms with Gasteiger partial charge in [-0.3, -0.25) is 0 Å². The highest BCUT2D eigenvalue weighted by atomic mass is 35.5.